The maximum absolute atomic E-state index is 11.6. The molecule has 0 aliphatic carbocycles. The van der Waals surface area contributed by atoms with Gasteiger partial charge in [-0.2, -0.15) is 0 Å². The average Bonchev–Trinajstić information content (AvgIpc) is 2.42. The van der Waals surface area contributed by atoms with Gasteiger partial charge in [0.1, 0.15) is 0 Å². The second kappa shape index (κ2) is 7.20. The number of carboxylic acids is 1. The van der Waals surface area contributed by atoms with E-state index in [0.717, 1.165) is 6.08 Å². The molecule has 5 N–H and O–H groups in total. The highest BCUT2D eigenvalue weighted by atomic mass is 16.4. The van der Waals surface area contributed by atoms with Gasteiger partial charge in [0.05, 0.1) is 6.10 Å². The summed E-state index contributed by atoms with van der Waals surface area (Å²) in [4.78, 5) is 33.3. The van der Waals surface area contributed by atoms with Crippen LogP contribution in [0.25, 0.3) is 6.08 Å². The third-order valence-electron chi connectivity index (χ3n) is 2.67. The smallest absolute Gasteiger partial charge is 0.328 e. The minimum atomic E-state index is -1.38. The predicted octanol–water partition coefficient (Wildman–Crippen LogP) is -0.251. The fourth-order valence-electron chi connectivity index (χ4n) is 1.52. The first-order valence-electron chi connectivity index (χ1n) is 6.10. The summed E-state index contributed by atoms with van der Waals surface area (Å²) >= 11 is 0. The zero-order chi connectivity index (χ0) is 16.0. The van der Waals surface area contributed by atoms with Gasteiger partial charge in [0.2, 0.25) is 11.8 Å². The highest BCUT2D eigenvalue weighted by Crippen LogP contribution is 2.05. The number of nitrogens with one attached hydrogen (secondary N) is 1. The number of hydrogen-bond donors (Lipinski definition) is 4. The summed E-state index contributed by atoms with van der Waals surface area (Å²) in [5, 5.41) is 20.2. The van der Waals surface area contributed by atoms with Gasteiger partial charge in [0.15, 0.2) is 6.04 Å². The zero-order valence-electron chi connectivity index (χ0n) is 11.3. The molecule has 0 saturated heterocycles. The molecule has 2 unspecified atom stereocenters. The van der Waals surface area contributed by atoms with Gasteiger partial charge in [0.25, 0.3) is 0 Å². The molecule has 2 amide bonds. The van der Waals surface area contributed by atoms with Crippen molar-refractivity contribution in [1.82, 2.24) is 5.32 Å². The van der Waals surface area contributed by atoms with Gasteiger partial charge in [-0.05, 0) is 30.7 Å². The number of nitrogens with two attached hydrogens (primary N) is 1. The summed E-state index contributed by atoms with van der Waals surface area (Å²) in [5.74, 6) is -2.52. The second-order valence-electron chi connectivity index (χ2n) is 4.38. The van der Waals surface area contributed by atoms with Gasteiger partial charge in [-0.3, -0.25) is 9.59 Å². The van der Waals surface area contributed by atoms with Crippen LogP contribution in [0.3, 0.4) is 0 Å². The summed E-state index contributed by atoms with van der Waals surface area (Å²) in [6, 6.07) is 4.82. The van der Waals surface area contributed by atoms with E-state index in [1.807, 2.05) is 0 Å². The lowest BCUT2D eigenvalue weighted by Crippen LogP contribution is -2.47. The molecule has 7 nitrogen and oxygen atoms in total. The molecule has 1 rings (SSSR count). The second-order valence-corrected chi connectivity index (χ2v) is 4.38. The van der Waals surface area contributed by atoms with Crippen molar-refractivity contribution in [1.29, 1.82) is 0 Å². The van der Waals surface area contributed by atoms with Gasteiger partial charge in [0, 0.05) is 11.6 Å². The highest BCUT2D eigenvalue weighted by molar-refractivity contribution is 5.95. The number of aliphatic carboxylic acids is 1. The SMILES string of the molecule is CC(O)C(NC(=O)/C=C/c1ccc(C(N)=O)cc1)C(=O)O. The number of carbonyl (C=O) groups is 3. The molecular weight excluding hydrogens is 276 g/mol. The summed E-state index contributed by atoms with van der Waals surface area (Å²) in [7, 11) is 0. The molecule has 0 aliphatic heterocycles. The van der Waals surface area contributed by atoms with Gasteiger partial charge in [-0.25, -0.2) is 4.79 Å². The van der Waals surface area contributed by atoms with E-state index in [1.165, 1.54) is 25.1 Å². The summed E-state index contributed by atoms with van der Waals surface area (Å²) in [6.07, 6.45) is 1.37. The Hall–Kier alpha value is -2.67. The molecule has 112 valence electrons. The van der Waals surface area contributed by atoms with Crippen LogP contribution in [0, 0.1) is 0 Å². The number of aliphatic hydroxyl groups excluding tert-OH is 1. The van der Waals surface area contributed by atoms with Crippen molar-refractivity contribution in [2.45, 2.75) is 19.1 Å². The normalized spacial score (nSPS) is 13.6. The Kier molecular flexibility index (Phi) is 5.62. The van der Waals surface area contributed by atoms with Crippen LogP contribution in [-0.4, -0.2) is 40.1 Å². The quantitative estimate of drug-likeness (QED) is 0.537. The van der Waals surface area contributed by atoms with Gasteiger partial charge in [-0.1, -0.05) is 12.1 Å². The molecule has 0 heterocycles. The van der Waals surface area contributed by atoms with Crippen LogP contribution in [0.4, 0.5) is 0 Å². The highest BCUT2D eigenvalue weighted by Gasteiger charge is 2.23. The third-order valence-corrected chi connectivity index (χ3v) is 2.67. The molecule has 0 saturated carbocycles. The number of rotatable bonds is 6. The van der Waals surface area contributed by atoms with Crippen LogP contribution < -0.4 is 11.1 Å². The van der Waals surface area contributed by atoms with Crippen molar-refractivity contribution in [3.63, 3.8) is 0 Å². The van der Waals surface area contributed by atoms with E-state index >= 15 is 0 Å². The van der Waals surface area contributed by atoms with E-state index in [-0.39, 0.29) is 0 Å². The van der Waals surface area contributed by atoms with Crippen molar-refractivity contribution in [2.75, 3.05) is 0 Å². The van der Waals surface area contributed by atoms with Crippen molar-refractivity contribution >= 4 is 23.9 Å². The number of primary amides is 1. The Morgan fingerprint density at radius 3 is 2.24 bits per heavy atom. The van der Waals surface area contributed by atoms with Crippen LogP contribution in [0.5, 0.6) is 0 Å². The number of amides is 2. The lowest BCUT2D eigenvalue weighted by atomic mass is 10.1. The molecule has 0 aromatic heterocycles. The van der Waals surface area contributed by atoms with E-state index in [0.29, 0.717) is 11.1 Å². The first kappa shape index (κ1) is 16.4. The largest absolute Gasteiger partial charge is 0.480 e. The molecule has 0 fully saturated rings. The molecule has 0 bridgehead atoms. The Morgan fingerprint density at radius 2 is 1.81 bits per heavy atom. The Bertz CT molecular complexity index is 563. The molecule has 1 aromatic rings. The number of carbonyl (C=O) groups excluding carboxylic acids is 2. The Morgan fingerprint density at radius 1 is 1.24 bits per heavy atom. The van der Waals surface area contributed by atoms with Crippen LogP contribution in [0.1, 0.15) is 22.8 Å². The molecule has 0 radical (unpaired) electrons. The van der Waals surface area contributed by atoms with Crippen LogP contribution in [-0.2, 0) is 9.59 Å². The lowest BCUT2D eigenvalue weighted by molar-refractivity contribution is -0.144. The average molecular weight is 292 g/mol. The molecule has 0 aliphatic rings. The molecule has 0 spiro atoms. The summed E-state index contributed by atoms with van der Waals surface area (Å²) < 4.78 is 0. The minimum absolute atomic E-state index is 0.344. The van der Waals surface area contributed by atoms with E-state index in [4.69, 9.17) is 10.8 Å². The first-order valence-corrected chi connectivity index (χ1v) is 6.10. The summed E-state index contributed by atoms with van der Waals surface area (Å²) in [6.45, 7) is 1.27. The molecule has 1 aromatic carbocycles. The van der Waals surface area contributed by atoms with Gasteiger partial charge in [-0.15, -0.1) is 0 Å². The topological polar surface area (TPSA) is 130 Å². The maximum atomic E-state index is 11.6. The van der Waals surface area contributed by atoms with E-state index < -0.39 is 29.9 Å². The fourth-order valence-corrected chi connectivity index (χ4v) is 1.52. The molecule has 21 heavy (non-hydrogen) atoms. The van der Waals surface area contributed by atoms with E-state index in [9.17, 15) is 19.5 Å². The van der Waals surface area contributed by atoms with Crippen LogP contribution in [0.2, 0.25) is 0 Å². The maximum Gasteiger partial charge on any atom is 0.328 e. The Labute approximate surface area is 121 Å². The molecular formula is C14H16N2O5. The number of benzene rings is 1. The minimum Gasteiger partial charge on any atom is -0.480 e. The number of hydrogen-bond acceptors (Lipinski definition) is 4. The van der Waals surface area contributed by atoms with Crippen molar-refractivity contribution in [3.05, 3.63) is 41.5 Å². The van der Waals surface area contributed by atoms with Crippen molar-refractivity contribution in [2.24, 2.45) is 5.73 Å². The van der Waals surface area contributed by atoms with Crippen LogP contribution >= 0.6 is 0 Å². The number of carboxylic acid groups (broad SMARTS) is 1. The number of aliphatic hydroxyl groups is 1. The fraction of sp³-hybridized carbons (Fsp3) is 0.214. The third kappa shape index (κ3) is 5.07. The van der Waals surface area contributed by atoms with Crippen molar-refractivity contribution < 1.29 is 24.6 Å². The molecule has 7 heteroatoms. The standard InChI is InChI=1S/C14H16N2O5/c1-8(17)12(14(20)21)16-11(18)7-4-9-2-5-10(6-3-9)13(15)19/h2-8,12,17H,1H3,(H2,15,19)(H,16,18)(H,20,21)/b7-4+. The Balaban J connectivity index is 2.69. The van der Waals surface area contributed by atoms with E-state index in [1.54, 1.807) is 12.1 Å². The first-order chi connectivity index (χ1) is 9.81. The molecule has 2 atom stereocenters. The zero-order valence-corrected chi connectivity index (χ0v) is 11.3. The lowest BCUT2D eigenvalue weighted by Gasteiger charge is -2.15. The summed E-state index contributed by atoms with van der Waals surface area (Å²) in [5.41, 5.74) is 6.08. The predicted molar refractivity (Wildman–Crippen MR) is 75.2 cm³/mol. The van der Waals surface area contributed by atoms with Crippen LogP contribution in [0.15, 0.2) is 30.3 Å². The van der Waals surface area contributed by atoms with Gasteiger partial charge < -0.3 is 21.3 Å². The van der Waals surface area contributed by atoms with E-state index in [2.05, 4.69) is 5.32 Å². The van der Waals surface area contributed by atoms with Gasteiger partial charge >= 0.3 is 5.97 Å². The van der Waals surface area contributed by atoms with Crippen molar-refractivity contribution in [3.8, 4) is 0 Å². The monoisotopic (exact) mass is 292 g/mol.